The van der Waals surface area contributed by atoms with Gasteiger partial charge in [-0.2, -0.15) is 0 Å². The lowest BCUT2D eigenvalue weighted by Gasteiger charge is -2.08. The fourth-order valence-corrected chi connectivity index (χ4v) is 1.80. The molecular weight excluding hydrogens is 246 g/mol. The molecule has 0 bridgehead atoms. The van der Waals surface area contributed by atoms with Crippen LogP contribution in [-0.4, -0.2) is 11.8 Å². The first kappa shape index (κ1) is 9.96. The van der Waals surface area contributed by atoms with Crippen LogP contribution in [0.5, 0.6) is 0 Å². The van der Waals surface area contributed by atoms with E-state index in [0.717, 1.165) is 0 Å². The van der Waals surface area contributed by atoms with Gasteiger partial charge in [-0.15, -0.1) is 0 Å². The summed E-state index contributed by atoms with van der Waals surface area (Å²) in [6, 6.07) is 4.83. The van der Waals surface area contributed by atoms with E-state index in [9.17, 15) is 4.39 Å². The Labute approximate surface area is 83.3 Å². The maximum atomic E-state index is 12.0. The number of aliphatic hydroxyl groups excluding tert-OH is 1. The third kappa shape index (κ3) is 2.19. The van der Waals surface area contributed by atoms with Gasteiger partial charge < -0.3 is 5.11 Å². The zero-order chi connectivity index (χ0) is 9.14. The molecule has 4 heteroatoms. The smallest absolute Gasteiger partial charge is 0.120 e. The van der Waals surface area contributed by atoms with Crippen molar-refractivity contribution in [1.82, 2.24) is 0 Å². The van der Waals surface area contributed by atoms with Crippen molar-refractivity contribution in [3.05, 3.63) is 33.3 Å². The number of halogens is 3. The van der Waals surface area contributed by atoms with E-state index in [1.165, 1.54) is 0 Å². The lowest BCUT2D eigenvalue weighted by atomic mass is 10.1. The SMILES string of the molecule is OC(CF)c1ccc(Cl)cc1Br. The molecule has 0 aliphatic heterocycles. The molecule has 0 aliphatic rings. The number of benzene rings is 1. The molecule has 66 valence electrons. The standard InChI is InChI=1S/C8H7BrClFO/c9-7-3-5(10)1-2-6(7)8(12)4-11/h1-3,8,12H,4H2. The largest absolute Gasteiger partial charge is 0.386 e. The van der Waals surface area contributed by atoms with Gasteiger partial charge in [0.05, 0.1) is 0 Å². The molecule has 1 rings (SSSR count). The second kappa shape index (κ2) is 4.21. The summed E-state index contributed by atoms with van der Waals surface area (Å²) in [7, 11) is 0. The van der Waals surface area contributed by atoms with Gasteiger partial charge in [0, 0.05) is 9.50 Å². The van der Waals surface area contributed by atoms with Gasteiger partial charge in [-0.05, 0) is 17.7 Å². The van der Waals surface area contributed by atoms with Crippen LogP contribution in [0.4, 0.5) is 4.39 Å². The van der Waals surface area contributed by atoms with Crippen LogP contribution in [-0.2, 0) is 0 Å². The Balaban J connectivity index is 3.01. The molecule has 1 unspecified atom stereocenters. The minimum atomic E-state index is -1.07. The minimum Gasteiger partial charge on any atom is -0.386 e. The Morgan fingerprint density at radius 1 is 1.58 bits per heavy atom. The van der Waals surface area contributed by atoms with Crippen molar-refractivity contribution in [2.75, 3.05) is 6.67 Å². The average Bonchev–Trinajstić information content (AvgIpc) is 2.03. The molecule has 1 atom stereocenters. The Morgan fingerprint density at radius 3 is 2.75 bits per heavy atom. The fourth-order valence-electron chi connectivity index (χ4n) is 0.855. The van der Waals surface area contributed by atoms with Crippen LogP contribution in [0, 0.1) is 0 Å². The molecule has 12 heavy (non-hydrogen) atoms. The summed E-state index contributed by atoms with van der Waals surface area (Å²) in [5.41, 5.74) is 0.516. The maximum Gasteiger partial charge on any atom is 0.120 e. The quantitative estimate of drug-likeness (QED) is 0.859. The highest BCUT2D eigenvalue weighted by Crippen LogP contribution is 2.26. The normalized spacial score (nSPS) is 13.0. The molecule has 0 amide bonds. The first-order valence-corrected chi connectivity index (χ1v) is 4.51. The van der Waals surface area contributed by atoms with Gasteiger partial charge in [-0.3, -0.25) is 0 Å². The van der Waals surface area contributed by atoms with Crippen LogP contribution in [0.1, 0.15) is 11.7 Å². The molecule has 1 aromatic carbocycles. The highest BCUT2D eigenvalue weighted by Gasteiger charge is 2.10. The van der Waals surface area contributed by atoms with Gasteiger partial charge in [0.25, 0.3) is 0 Å². The highest BCUT2D eigenvalue weighted by molar-refractivity contribution is 9.10. The summed E-state index contributed by atoms with van der Waals surface area (Å²) in [6.07, 6.45) is -1.07. The second-order valence-electron chi connectivity index (χ2n) is 2.34. The van der Waals surface area contributed by atoms with E-state index >= 15 is 0 Å². The summed E-state index contributed by atoms with van der Waals surface area (Å²) < 4.78 is 12.7. The third-order valence-corrected chi connectivity index (χ3v) is 2.39. The number of hydrogen-bond donors (Lipinski definition) is 1. The summed E-state index contributed by atoms with van der Waals surface area (Å²) in [4.78, 5) is 0. The molecule has 0 aromatic heterocycles. The Bertz CT molecular complexity index is 280. The zero-order valence-corrected chi connectivity index (χ0v) is 8.44. The number of aliphatic hydroxyl groups is 1. The lowest BCUT2D eigenvalue weighted by Crippen LogP contribution is -1.99. The van der Waals surface area contributed by atoms with Crippen molar-refractivity contribution < 1.29 is 9.50 Å². The van der Waals surface area contributed by atoms with Gasteiger partial charge in [0.15, 0.2) is 0 Å². The molecule has 0 saturated heterocycles. The van der Waals surface area contributed by atoms with E-state index in [1.54, 1.807) is 18.2 Å². The Hall–Kier alpha value is -0.120. The predicted molar refractivity (Wildman–Crippen MR) is 50.1 cm³/mol. The maximum absolute atomic E-state index is 12.0. The summed E-state index contributed by atoms with van der Waals surface area (Å²) in [5, 5.41) is 9.71. The van der Waals surface area contributed by atoms with Crippen molar-refractivity contribution in [3.8, 4) is 0 Å². The molecule has 0 saturated carbocycles. The number of alkyl halides is 1. The first-order chi connectivity index (χ1) is 5.65. The molecular formula is C8H7BrClFO. The van der Waals surface area contributed by atoms with Crippen LogP contribution in [0.3, 0.4) is 0 Å². The van der Waals surface area contributed by atoms with Crippen LogP contribution in [0.25, 0.3) is 0 Å². The molecule has 1 aromatic rings. The first-order valence-electron chi connectivity index (χ1n) is 3.34. The summed E-state index contributed by atoms with van der Waals surface area (Å²) >= 11 is 8.84. The fraction of sp³-hybridized carbons (Fsp3) is 0.250. The van der Waals surface area contributed by atoms with Gasteiger partial charge in [-0.1, -0.05) is 33.6 Å². The van der Waals surface area contributed by atoms with Crippen LogP contribution in [0.15, 0.2) is 22.7 Å². The second-order valence-corrected chi connectivity index (χ2v) is 3.63. The van der Waals surface area contributed by atoms with Crippen molar-refractivity contribution in [3.63, 3.8) is 0 Å². The van der Waals surface area contributed by atoms with E-state index < -0.39 is 12.8 Å². The molecule has 0 heterocycles. The molecule has 0 radical (unpaired) electrons. The average molecular weight is 253 g/mol. The van der Waals surface area contributed by atoms with E-state index in [-0.39, 0.29) is 0 Å². The van der Waals surface area contributed by atoms with Crippen LogP contribution >= 0.6 is 27.5 Å². The molecule has 0 aliphatic carbocycles. The van der Waals surface area contributed by atoms with E-state index in [1.807, 2.05) is 0 Å². The summed E-state index contributed by atoms with van der Waals surface area (Å²) in [6.45, 7) is -0.791. The minimum absolute atomic E-state index is 0.516. The van der Waals surface area contributed by atoms with E-state index in [4.69, 9.17) is 16.7 Å². The molecule has 0 spiro atoms. The monoisotopic (exact) mass is 252 g/mol. The van der Waals surface area contributed by atoms with Crippen LogP contribution < -0.4 is 0 Å². The predicted octanol–water partition coefficient (Wildman–Crippen LogP) is 3.11. The van der Waals surface area contributed by atoms with Crippen molar-refractivity contribution in [2.45, 2.75) is 6.10 Å². The highest BCUT2D eigenvalue weighted by atomic mass is 79.9. The number of rotatable bonds is 2. The van der Waals surface area contributed by atoms with E-state index in [0.29, 0.717) is 15.1 Å². The molecule has 0 fully saturated rings. The molecule has 1 N–H and O–H groups in total. The van der Waals surface area contributed by atoms with Crippen molar-refractivity contribution >= 4 is 27.5 Å². The van der Waals surface area contributed by atoms with Crippen molar-refractivity contribution in [2.24, 2.45) is 0 Å². The van der Waals surface area contributed by atoms with E-state index in [2.05, 4.69) is 15.9 Å². The summed E-state index contributed by atoms with van der Waals surface area (Å²) in [5.74, 6) is 0. The third-order valence-electron chi connectivity index (χ3n) is 1.47. The zero-order valence-electron chi connectivity index (χ0n) is 6.10. The van der Waals surface area contributed by atoms with Gasteiger partial charge in [0.2, 0.25) is 0 Å². The van der Waals surface area contributed by atoms with Gasteiger partial charge in [0.1, 0.15) is 12.8 Å². The number of hydrogen-bond acceptors (Lipinski definition) is 1. The van der Waals surface area contributed by atoms with Gasteiger partial charge >= 0.3 is 0 Å². The molecule has 1 nitrogen and oxygen atoms in total. The van der Waals surface area contributed by atoms with Gasteiger partial charge in [-0.25, -0.2) is 4.39 Å². The van der Waals surface area contributed by atoms with Crippen molar-refractivity contribution in [1.29, 1.82) is 0 Å². The topological polar surface area (TPSA) is 20.2 Å². The van der Waals surface area contributed by atoms with Crippen LogP contribution in [0.2, 0.25) is 5.02 Å². The Kier molecular flexibility index (Phi) is 3.50. The Morgan fingerprint density at radius 2 is 2.25 bits per heavy atom. The lowest BCUT2D eigenvalue weighted by molar-refractivity contribution is 0.141.